The molecule has 4 aromatic rings. The highest BCUT2D eigenvalue weighted by molar-refractivity contribution is 7.18. The predicted octanol–water partition coefficient (Wildman–Crippen LogP) is 4.59. The Labute approximate surface area is 170 Å². The van der Waals surface area contributed by atoms with E-state index in [1.54, 1.807) is 24.3 Å². The maximum Gasteiger partial charge on any atom is 0.416 e. The zero-order chi connectivity index (χ0) is 21.6. The maximum absolute atomic E-state index is 15.7. The fourth-order valence-electron chi connectivity index (χ4n) is 3.04. The van der Waals surface area contributed by atoms with Crippen LogP contribution >= 0.6 is 11.3 Å². The summed E-state index contributed by atoms with van der Waals surface area (Å²) in [6, 6.07) is 9.44. The Morgan fingerprint density at radius 3 is 2.20 bits per heavy atom. The van der Waals surface area contributed by atoms with Gasteiger partial charge in [0.1, 0.15) is 12.7 Å². The topological polar surface area (TPSA) is 63.8 Å². The highest BCUT2D eigenvalue weighted by atomic mass is 32.1. The zero-order valence-corrected chi connectivity index (χ0v) is 15.8. The van der Waals surface area contributed by atoms with Crippen molar-refractivity contribution in [2.24, 2.45) is 0 Å². The number of rotatable bonds is 5. The normalized spacial score (nSPS) is 14.7. The van der Waals surface area contributed by atoms with Gasteiger partial charge in [0.2, 0.25) is 0 Å². The standard InChI is InChI=1S/C19H13F5N4OS/c20-18(21,16-27-14-3-1-2-4-15(14)30-16)17(29,9-28-11-25-10-26-28)12-5-7-13(8-6-12)19(22,23)24/h1-8,10-11,29H,9H2. The minimum Gasteiger partial charge on any atom is -0.377 e. The first kappa shape index (κ1) is 20.4. The second-order valence-electron chi connectivity index (χ2n) is 6.59. The average Bonchev–Trinajstić information content (AvgIpc) is 3.36. The number of fused-ring (bicyclic) bond motifs is 1. The van der Waals surface area contributed by atoms with Crippen molar-refractivity contribution in [3.8, 4) is 0 Å². The van der Waals surface area contributed by atoms with Crippen molar-refractivity contribution < 1.29 is 27.1 Å². The van der Waals surface area contributed by atoms with Crippen molar-refractivity contribution in [2.45, 2.75) is 24.2 Å². The summed E-state index contributed by atoms with van der Waals surface area (Å²) >= 11 is 0.699. The summed E-state index contributed by atoms with van der Waals surface area (Å²) in [7, 11) is 0. The first-order chi connectivity index (χ1) is 14.1. The lowest BCUT2D eigenvalue weighted by molar-refractivity contribution is -0.204. The van der Waals surface area contributed by atoms with Crippen LogP contribution in [0.15, 0.2) is 61.2 Å². The Bertz CT molecular complexity index is 1120. The van der Waals surface area contributed by atoms with Crippen molar-refractivity contribution in [2.75, 3.05) is 0 Å². The van der Waals surface area contributed by atoms with Crippen molar-refractivity contribution in [1.82, 2.24) is 19.7 Å². The minimum absolute atomic E-state index is 0.327. The van der Waals surface area contributed by atoms with Gasteiger partial charge in [0, 0.05) is 0 Å². The largest absolute Gasteiger partial charge is 0.416 e. The molecule has 1 atom stereocenters. The van der Waals surface area contributed by atoms with Crippen LogP contribution in [0, 0.1) is 0 Å². The molecule has 0 aliphatic rings. The van der Waals surface area contributed by atoms with Crippen LogP contribution in [-0.2, 0) is 24.2 Å². The summed E-state index contributed by atoms with van der Waals surface area (Å²) in [4.78, 5) is 7.62. The fraction of sp³-hybridized carbons (Fsp3) is 0.211. The lowest BCUT2D eigenvalue weighted by Gasteiger charge is -2.35. The van der Waals surface area contributed by atoms with Crippen LogP contribution in [0.5, 0.6) is 0 Å². The van der Waals surface area contributed by atoms with Gasteiger partial charge in [0.25, 0.3) is 0 Å². The quantitative estimate of drug-likeness (QED) is 0.461. The Kier molecular flexibility index (Phi) is 4.82. The molecule has 30 heavy (non-hydrogen) atoms. The van der Waals surface area contributed by atoms with Gasteiger partial charge in [-0.05, 0) is 29.8 Å². The van der Waals surface area contributed by atoms with Gasteiger partial charge < -0.3 is 5.11 Å². The average molecular weight is 440 g/mol. The van der Waals surface area contributed by atoms with E-state index in [0.29, 0.717) is 33.7 Å². The molecule has 0 fully saturated rings. The molecule has 2 aromatic heterocycles. The number of aliphatic hydroxyl groups is 1. The number of para-hydroxylation sites is 1. The van der Waals surface area contributed by atoms with Crippen LogP contribution in [0.4, 0.5) is 22.0 Å². The van der Waals surface area contributed by atoms with E-state index in [9.17, 15) is 18.3 Å². The number of benzene rings is 2. The third kappa shape index (κ3) is 3.43. The first-order valence-corrected chi connectivity index (χ1v) is 9.39. The number of thiazole rings is 1. The lowest BCUT2D eigenvalue weighted by atomic mass is 9.86. The Hall–Kier alpha value is -2.92. The van der Waals surface area contributed by atoms with Crippen molar-refractivity contribution in [1.29, 1.82) is 0 Å². The van der Waals surface area contributed by atoms with Crippen LogP contribution in [0.25, 0.3) is 10.2 Å². The summed E-state index contributed by atoms with van der Waals surface area (Å²) in [5.41, 5.74) is -4.03. The summed E-state index contributed by atoms with van der Waals surface area (Å²) in [6.07, 6.45) is -2.41. The molecule has 0 amide bonds. The van der Waals surface area contributed by atoms with E-state index in [0.717, 1.165) is 29.5 Å². The molecule has 0 saturated carbocycles. The molecular formula is C19H13F5N4OS. The Morgan fingerprint density at radius 1 is 0.933 bits per heavy atom. The maximum atomic E-state index is 15.7. The van der Waals surface area contributed by atoms with E-state index >= 15 is 8.78 Å². The van der Waals surface area contributed by atoms with E-state index in [-0.39, 0.29) is 0 Å². The van der Waals surface area contributed by atoms with E-state index in [4.69, 9.17) is 0 Å². The van der Waals surface area contributed by atoms with Crippen molar-refractivity contribution in [3.63, 3.8) is 0 Å². The minimum atomic E-state index is -4.64. The molecule has 0 saturated heterocycles. The first-order valence-electron chi connectivity index (χ1n) is 8.58. The summed E-state index contributed by atoms with van der Waals surface area (Å²) in [5.74, 6) is -3.94. The van der Waals surface area contributed by atoms with Crippen LogP contribution in [0.3, 0.4) is 0 Å². The van der Waals surface area contributed by atoms with E-state index in [1.165, 1.54) is 0 Å². The highest BCUT2D eigenvalue weighted by Crippen LogP contribution is 2.48. The van der Waals surface area contributed by atoms with Gasteiger partial charge >= 0.3 is 12.1 Å². The van der Waals surface area contributed by atoms with Crippen molar-refractivity contribution in [3.05, 3.63) is 77.3 Å². The third-order valence-corrected chi connectivity index (χ3v) is 5.74. The molecule has 4 rings (SSSR count). The van der Waals surface area contributed by atoms with Gasteiger partial charge in [-0.3, -0.25) is 0 Å². The third-order valence-electron chi connectivity index (χ3n) is 4.63. The van der Waals surface area contributed by atoms with Gasteiger partial charge in [-0.25, -0.2) is 14.6 Å². The van der Waals surface area contributed by atoms with Gasteiger partial charge in [0.15, 0.2) is 10.6 Å². The molecule has 1 N–H and O–H groups in total. The molecule has 0 radical (unpaired) electrons. The summed E-state index contributed by atoms with van der Waals surface area (Å²) in [6.45, 7) is -0.749. The predicted molar refractivity (Wildman–Crippen MR) is 98.9 cm³/mol. The SMILES string of the molecule is OC(Cn1cncn1)(c1ccc(C(F)(F)F)cc1)C(F)(F)c1nc2ccccc2s1. The number of hydrogen-bond donors (Lipinski definition) is 1. The summed E-state index contributed by atoms with van der Waals surface area (Å²) < 4.78 is 71.5. The number of halogens is 5. The molecule has 0 aliphatic carbocycles. The van der Waals surface area contributed by atoms with E-state index in [1.807, 2.05) is 0 Å². The molecule has 1 unspecified atom stereocenters. The Balaban J connectivity index is 1.84. The second-order valence-corrected chi connectivity index (χ2v) is 7.62. The summed E-state index contributed by atoms with van der Waals surface area (Å²) in [5, 5.41) is 14.3. The molecule has 0 bridgehead atoms. The zero-order valence-electron chi connectivity index (χ0n) is 15.0. The van der Waals surface area contributed by atoms with Gasteiger partial charge in [0.05, 0.1) is 22.3 Å². The highest BCUT2D eigenvalue weighted by Gasteiger charge is 2.57. The lowest BCUT2D eigenvalue weighted by Crippen LogP contribution is -2.46. The monoisotopic (exact) mass is 440 g/mol. The van der Waals surface area contributed by atoms with Crippen molar-refractivity contribution >= 4 is 21.6 Å². The van der Waals surface area contributed by atoms with Gasteiger partial charge in [-0.2, -0.15) is 27.1 Å². The number of nitrogens with zero attached hydrogens (tertiary/aromatic N) is 4. The second kappa shape index (κ2) is 7.10. The molecule has 2 aromatic carbocycles. The smallest absolute Gasteiger partial charge is 0.377 e. The number of hydrogen-bond acceptors (Lipinski definition) is 5. The molecule has 0 aliphatic heterocycles. The van der Waals surface area contributed by atoms with Crippen LogP contribution in [0.1, 0.15) is 16.1 Å². The van der Waals surface area contributed by atoms with E-state index in [2.05, 4.69) is 15.1 Å². The number of alkyl halides is 5. The molecule has 5 nitrogen and oxygen atoms in total. The number of aromatic nitrogens is 4. The molecule has 11 heteroatoms. The molecule has 0 spiro atoms. The van der Waals surface area contributed by atoms with Crippen LogP contribution in [0.2, 0.25) is 0 Å². The molecule has 2 heterocycles. The molecule has 156 valence electrons. The fourth-order valence-corrected chi connectivity index (χ4v) is 4.05. The molecular weight excluding hydrogens is 427 g/mol. The van der Waals surface area contributed by atoms with Gasteiger partial charge in [-0.1, -0.05) is 24.3 Å². The van der Waals surface area contributed by atoms with Gasteiger partial charge in [-0.15, -0.1) is 11.3 Å². The van der Waals surface area contributed by atoms with Crippen LogP contribution < -0.4 is 0 Å². The van der Waals surface area contributed by atoms with E-state index < -0.39 is 40.4 Å². The van der Waals surface area contributed by atoms with Crippen LogP contribution in [-0.4, -0.2) is 24.9 Å². The Morgan fingerprint density at radius 2 is 1.60 bits per heavy atom.